The molecule has 0 spiro atoms. The summed E-state index contributed by atoms with van der Waals surface area (Å²) < 4.78 is 48.8. The number of hydrogen-bond acceptors (Lipinski definition) is 5. The first-order valence-corrected chi connectivity index (χ1v) is 7.60. The van der Waals surface area contributed by atoms with Crippen LogP contribution in [0.15, 0.2) is 23.1 Å². The number of benzene rings is 1. The van der Waals surface area contributed by atoms with Crippen LogP contribution in [0.3, 0.4) is 0 Å². The molecule has 8 heteroatoms. The molecule has 0 aromatic heterocycles. The Kier molecular flexibility index (Phi) is 5.68. The maximum Gasteiger partial charge on any atom is 0.321 e. The van der Waals surface area contributed by atoms with Gasteiger partial charge in [-0.05, 0) is 32.0 Å². The molecule has 0 saturated heterocycles. The number of halogens is 1. The molecule has 0 atom stereocenters. The minimum Gasteiger partial charge on any atom is -0.494 e. The predicted molar refractivity (Wildman–Crippen MR) is 74.0 cm³/mol. The van der Waals surface area contributed by atoms with Crippen molar-refractivity contribution >= 4 is 16.0 Å². The number of methoxy groups -OCH3 is 2. The van der Waals surface area contributed by atoms with Crippen LogP contribution in [0.25, 0.3) is 0 Å². The van der Waals surface area contributed by atoms with Crippen molar-refractivity contribution in [2.75, 3.05) is 20.8 Å². The molecular formula is C13H18FNO5S. The van der Waals surface area contributed by atoms with E-state index >= 15 is 0 Å². The van der Waals surface area contributed by atoms with E-state index in [1.165, 1.54) is 26.4 Å². The molecule has 0 amide bonds. The second kappa shape index (κ2) is 6.86. The van der Waals surface area contributed by atoms with Gasteiger partial charge in [0.25, 0.3) is 0 Å². The highest BCUT2D eigenvalue weighted by molar-refractivity contribution is 7.89. The van der Waals surface area contributed by atoms with Crippen molar-refractivity contribution in [3.8, 4) is 5.75 Å². The van der Waals surface area contributed by atoms with E-state index in [0.717, 1.165) is 10.4 Å². The molecular weight excluding hydrogens is 301 g/mol. The van der Waals surface area contributed by atoms with Crippen LogP contribution in [0.5, 0.6) is 5.75 Å². The molecule has 1 aromatic rings. The van der Waals surface area contributed by atoms with Gasteiger partial charge in [0.15, 0.2) is 11.6 Å². The highest BCUT2D eigenvalue weighted by atomic mass is 32.2. The zero-order valence-corrected chi connectivity index (χ0v) is 13.1. The molecule has 21 heavy (non-hydrogen) atoms. The lowest BCUT2D eigenvalue weighted by Crippen LogP contribution is -2.41. The van der Waals surface area contributed by atoms with Crippen molar-refractivity contribution in [1.29, 1.82) is 0 Å². The molecule has 0 aliphatic carbocycles. The van der Waals surface area contributed by atoms with Gasteiger partial charge in [-0.25, -0.2) is 12.8 Å². The third kappa shape index (κ3) is 3.92. The topological polar surface area (TPSA) is 72.9 Å². The monoisotopic (exact) mass is 319 g/mol. The van der Waals surface area contributed by atoms with Gasteiger partial charge in [0.05, 0.1) is 19.1 Å². The van der Waals surface area contributed by atoms with Crippen LogP contribution in [-0.2, 0) is 19.6 Å². The zero-order valence-electron chi connectivity index (χ0n) is 12.3. The summed E-state index contributed by atoms with van der Waals surface area (Å²) in [5.41, 5.74) is 0. The van der Waals surface area contributed by atoms with E-state index in [9.17, 15) is 17.6 Å². The number of sulfonamides is 1. The van der Waals surface area contributed by atoms with Crippen LogP contribution in [0.2, 0.25) is 0 Å². The van der Waals surface area contributed by atoms with E-state index in [1.807, 2.05) is 0 Å². The smallest absolute Gasteiger partial charge is 0.321 e. The fraction of sp³-hybridized carbons (Fsp3) is 0.462. The molecule has 1 rings (SSSR count). The number of carbonyl (C=O) groups is 1. The molecule has 0 bridgehead atoms. The largest absolute Gasteiger partial charge is 0.494 e. The maximum absolute atomic E-state index is 13.7. The first kappa shape index (κ1) is 17.4. The number of ether oxygens (including phenoxy) is 2. The summed E-state index contributed by atoms with van der Waals surface area (Å²) in [6, 6.07) is 2.82. The minimum atomic E-state index is -4.02. The average molecular weight is 319 g/mol. The Morgan fingerprint density at radius 2 is 1.95 bits per heavy atom. The Hall–Kier alpha value is -1.67. The Bertz CT molecular complexity index is 615. The lowest BCUT2D eigenvalue weighted by atomic mass is 10.3. The molecule has 0 aliphatic rings. The minimum absolute atomic E-state index is 0.0574. The van der Waals surface area contributed by atoms with Crippen LogP contribution in [0.1, 0.15) is 13.8 Å². The number of esters is 1. The molecule has 0 N–H and O–H groups in total. The first-order chi connectivity index (χ1) is 9.73. The van der Waals surface area contributed by atoms with Gasteiger partial charge in [-0.2, -0.15) is 4.31 Å². The van der Waals surface area contributed by atoms with Crippen LogP contribution in [-0.4, -0.2) is 45.5 Å². The standard InChI is InChI=1S/C13H18FNO5S/c1-9(2)15(8-13(16)20-4)21(17,18)10-5-6-12(19-3)11(14)7-10/h5-7,9H,8H2,1-4H3. The molecule has 0 radical (unpaired) electrons. The van der Waals surface area contributed by atoms with Crippen molar-refractivity contribution in [2.24, 2.45) is 0 Å². The third-order valence-corrected chi connectivity index (χ3v) is 4.84. The summed E-state index contributed by atoms with van der Waals surface area (Å²) >= 11 is 0. The second-order valence-corrected chi connectivity index (χ2v) is 6.41. The summed E-state index contributed by atoms with van der Waals surface area (Å²) in [6.45, 7) is 2.78. The third-order valence-electron chi connectivity index (χ3n) is 2.82. The van der Waals surface area contributed by atoms with Gasteiger partial charge in [0.1, 0.15) is 6.54 Å². The van der Waals surface area contributed by atoms with E-state index < -0.39 is 34.4 Å². The zero-order chi connectivity index (χ0) is 16.2. The molecule has 1 aromatic carbocycles. The summed E-state index contributed by atoms with van der Waals surface area (Å²) in [6.07, 6.45) is 0. The van der Waals surface area contributed by atoms with Gasteiger partial charge in [0, 0.05) is 6.04 Å². The van der Waals surface area contributed by atoms with Gasteiger partial charge in [-0.15, -0.1) is 0 Å². The summed E-state index contributed by atoms with van der Waals surface area (Å²) in [7, 11) is -1.57. The van der Waals surface area contributed by atoms with Gasteiger partial charge < -0.3 is 9.47 Å². The van der Waals surface area contributed by atoms with Gasteiger partial charge in [-0.3, -0.25) is 4.79 Å². The SMILES string of the molecule is COC(=O)CN(C(C)C)S(=O)(=O)c1ccc(OC)c(F)c1. The lowest BCUT2D eigenvalue weighted by molar-refractivity contribution is -0.141. The van der Waals surface area contributed by atoms with Crippen LogP contribution < -0.4 is 4.74 Å². The molecule has 0 fully saturated rings. The summed E-state index contributed by atoms with van der Waals surface area (Å²) in [5, 5.41) is 0. The van der Waals surface area contributed by atoms with Crippen molar-refractivity contribution in [1.82, 2.24) is 4.31 Å². The lowest BCUT2D eigenvalue weighted by Gasteiger charge is -2.24. The summed E-state index contributed by atoms with van der Waals surface area (Å²) in [5.74, 6) is -1.54. The van der Waals surface area contributed by atoms with Gasteiger partial charge in [0.2, 0.25) is 10.0 Å². The quantitative estimate of drug-likeness (QED) is 0.741. The molecule has 0 unspecified atom stereocenters. The van der Waals surface area contributed by atoms with E-state index in [4.69, 9.17) is 4.74 Å². The van der Waals surface area contributed by atoms with Crippen LogP contribution >= 0.6 is 0 Å². The normalized spacial score (nSPS) is 11.8. The molecule has 0 saturated carbocycles. The maximum atomic E-state index is 13.7. The highest BCUT2D eigenvalue weighted by Crippen LogP contribution is 2.24. The van der Waals surface area contributed by atoms with E-state index in [1.54, 1.807) is 13.8 Å². The Morgan fingerprint density at radius 3 is 2.38 bits per heavy atom. The van der Waals surface area contributed by atoms with Crippen LogP contribution in [0.4, 0.5) is 4.39 Å². The average Bonchev–Trinajstić information content (AvgIpc) is 2.43. The Morgan fingerprint density at radius 1 is 1.33 bits per heavy atom. The predicted octanol–water partition coefficient (Wildman–Crippen LogP) is 1.41. The fourth-order valence-corrected chi connectivity index (χ4v) is 3.27. The fourth-order valence-electron chi connectivity index (χ4n) is 1.68. The van der Waals surface area contributed by atoms with Crippen molar-refractivity contribution in [2.45, 2.75) is 24.8 Å². The van der Waals surface area contributed by atoms with Crippen LogP contribution in [0, 0.1) is 5.82 Å². The van der Waals surface area contributed by atoms with E-state index in [-0.39, 0.29) is 10.6 Å². The van der Waals surface area contributed by atoms with Crippen molar-refractivity contribution in [3.63, 3.8) is 0 Å². The van der Waals surface area contributed by atoms with Crippen molar-refractivity contribution < 1.29 is 27.1 Å². The van der Waals surface area contributed by atoms with E-state index in [2.05, 4.69) is 4.74 Å². The summed E-state index contributed by atoms with van der Waals surface area (Å²) in [4.78, 5) is 11.1. The molecule has 118 valence electrons. The Balaban J connectivity index is 3.23. The first-order valence-electron chi connectivity index (χ1n) is 6.16. The molecule has 0 heterocycles. The van der Waals surface area contributed by atoms with Gasteiger partial charge >= 0.3 is 5.97 Å². The highest BCUT2D eigenvalue weighted by Gasteiger charge is 2.30. The second-order valence-electron chi connectivity index (χ2n) is 4.52. The molecule has 6 nitrogen and oxygen atoms in total. The number of carbonyl (C=O) groups excluding carboxylic acids is 1. The number of nitrogens with zero attached hydrogens (tertiary/aromatic N) is 1. The number of rotatable bonds is 6. The van der Waals surface area contributed by atoms with Gasteiger partial charge in [-0.1, -0.05) is 0 Å². The van der Waals surface area contributed by atoms with E-state index in [0.29, 0.717) is 0 Å². The number of hydrogen-bond donors (Lipinski definition) is 0. The van der Waals surface area contributed by atoms with Crippen molar-refractivity contribution in [3.05, 3.63) is 24.0 Å². The Labute approximate surface area is 123 Å². The molecule has 0 aliphatic heterocycles.